The van der Waals surface area contributed by atoms with E-state index in [0.717, 1.165) is 24.3 Å². The number of aryl methyl sites for hydroxylation is 1. The Kier molecular flexibility index (Phi) is 8.45. The maximum absolute atomic E-state index is 12.0. The molecule has 27 heavy (non-hydrogen) atoms. The van der Waals surface area contributed by atoms with Crippen LogP contribution in [0, 0.1) is 0 Å². The van der Waals surface area contributed by atoms with Crippen molar-refractivity contribution in [1.29, 1.82) is 0 Å². The number of hydrogen-bond acceptors (Lipinski definition) is 4. The van der Waals surface area contributed by atoms with Gasteiger partial charge in [0.05, 0.1) is 6.61 Å². The number of carbonyl (C=O) groups is 1. The van der Waals surface area contributed by atoms with E-state index in [1.807, 2.05) is 38.4 Å². The molecule has 0 aliphatic heterocycles. The molecule has 0 saturated heterocycles. The molecule has 2 aromatic carbocycles. The van der Waals surface area contributed by atoms with Crippen molar-refractivity contribution >= 4 is 17.4 Å². The van der Waals surface area contributed by atoms with Crippen molar-refractivity contribution in [1.82, 2.24) is 5.32 Å². The summed E-state index contributed by atoms with van der Waals surface area (Å²) in [5.74, 6) is 0.748. The van der Waals surface area contributed by atoms with Gasteiger partial charge in [-0.25, -0.2) is 4.79 Å². The van der Waals surface area contributed by atoms with E-state index in [0.29, 0.717) is 19.8 Å². The number of rotatable bonds is 10. The number of urea groups is 1. The molecular weight excluding hydrogens is 342 g/mol. The van der Waals surface area contributed by atoms with Crippen molar-refractivity contribution in [2.45, 2.75) is 12.8 Å². The molecule has 2 aromatic rings. The lowest BCUT2D eigenvalue weighted by Gasteiger charge is -2.12. The van der Waals surface area contributed by atoms with Gasteiger partial charge in [0, 0.05) is 39.1 Å². The van der Waals surface area contributed by atoms with Gasteiger partial charge in [-0.1, -0.05) is 12.1 Å². The second-order valence-corrected chi connectivity index (χ2v) is 6.41. The first kappa shape index (κ1) is 20.6. The van der Waals surface area contributed by atoms with Crippen molar-refractivity contribution in [2.75, 3.05) is 51.2 Å². The summed E-state index contributed by atoms with van der Waals surface area (Å²) >= 11 is 0. The van der Waals surface area contributed by atoms with Gasteiger partial charge in [-0.3, -0.25) is 0 Å². The van der Waals surface area contributed by atoms with Crippen LogP contribution in [0.25, 0.3) is 0 Å². The van der Waals surface area contributed by atoms with Crippen molar-refractivity contribution in [3.63, 3.8) is 0 Å². The van der Waals surface area contributed by atoms with Gasteiger partial charge in [0.25, 0.3) is 0 Å². The van der Waals surface area contributed by atoms with E-state index in [1.54, 1.807) is 7.11 Å². The molecule has 0 unspecified atom stereocenters. The topological polar surface area (TPSA) is 62.8 Å². The van der Waals surface area contributed by atoms with E-state index in [1.165, 1.54) is 11.3 Å². The SMILES string of the molecule is COCCOc1ccc(NC(=O)NCCCc2ccc(N(C)C)cc2)cc1. The number of nitrogens with one attached hydrogen (secondary N) is 2. The Hall–Kier alpha value is -2.73. The molecule has 146 valence electrons. The standard InChI is InChI=1S/C21H29N3O3/c1-24(2)19-10-6-17(7-11-19)5-4-14-22-21(25)23-18-8-12-20(13-9-18)27-16-15-26-3/h6-13H,4-5,14-16H2,1-3H3,(H2,22,23,25). The summed E-state index contributed by atoms with van der Waals surface area (Å²) in [6, 6.07) is 15.5. The fourth-order valence-corrected chi connectivity index (χ4v) is 2.51. The quantitative estimate of drug-likeness (QED) is 0.627. The van der Waals surface area contributed by atoms with Crippen LogP contribution in [0.15, 0.2) is 48.5 Å². The molecule has 6 nitrogen and oxygen atoms in total. The van der Waals surface area contributed by atoms with Gasteiger partial charge < -0.3 is 25.0 Å². The highest BCUT2D eigenvalue weighted by atomic mass is 16.5. The zero-order chi connectivity index (χ0) is 19.5. The normalized spacial score (nSPS) is 10.3. The maximum Gasteiger partial charge on any atom is 0.319 e. The minimum atomic E-state index is -0.203. The Balaban J connectivity index is 1.65. The van der Waals surface area contributed by atoms with Gasteiger partial charge in [-0.15, -0.1) is 0 Å². The fourth-order valence-electron chi connectivity index (χ4n) is 2.51. The van der Waals surface area contributed by atoms with Crippen LogP contribution in [-0.4, -0.2) is 47.0 Å². The minimum Gasteiger partial charge on any atom is -0.491 e. The molecule has 0 spiro atoms. The minimum absolute atomic E-state index is 0.203. The summed E-state index contributed by atoms with van der Waals surface area (Å²) in [7, 11) is 5.69. The zero-order valence-electron chi connectivity index (χ0n) is 16.3. The Morgan fingerprint density at radius 1 is 1.00 bits per heavy atom. The van der Waals surface area contributed by atoms with Crippen molar-refractivity contribution in [2.24, 2.45) is 0 Å². The third-order valence-corrected chi connectivity index (χ3v) is 4.05. The summed E-state index contributed by atoms with van der Waals surface area (Å²) < 4.78 is 10.4. The van der Waals surface area contributed by atoms with E-state index in [9.17, 15) is 4.79 Å². The van der Waals surface area contributed by atoms with Crippen LogP contribution in [0.1, 0.15) is 12.0 Å². The van der Waals surface area contributed by atoms with Crippen LogP contribution < -0.4 is 20.3 Å². The number of methoxy groups -OCH3 is 1. The highest BCUT2D eigenvalue weighted by Crippen LogP contribution is 2.16. The molecule has 2 rings (SSSR count). The maximum atomic E-state index is 12.0. The molecule has 2 N–H and O–H groups in total. The first-order chi connectivity index (χ1) is 13.1. The van der Waals surface area contributed by atoms with Gasteiger partial charge in [0.2, 0.25) is 0 Å². The average molecular weight is 371 g/mol. The van der Waals surface area contributed by atoms with E-state index in [2.05, 4.69) is 39.8 Å². The van der Waals surface area contributed by atoms with Crippen LogP contribution in [0.5, 0.6) is 5.75 Å². The van der Waals surface area contributed by atoms with Crippen molar-refractivity contribution < 1.29 is 14.3 Å². The predicted octanol–water partition coefficient (Wildman–Crippen LogP) is 3.53. The molecule has 0 atom stereocenters. The number of carbonyl (C=O) groups excluding carboxylic acids is 1. The highest BCUT2D eigenvalue weighted by molar-refractivity contribution is 5.89. The molecule has 0 bridgehead atoms. The molecule has 0 saturated carbocycles. The van der Waals surface area contributed by atoms with Crippen molar-refractivity contribution in [3.8, 4) is 5.75 Å². The molecule has 0 radical (unpaired) electrons. The number of benzene rings is 2. The van der Waals surface area contributed by atoms with Gasteiger partial charge in [0.15, 0.2) is 0 Å². The molecule has 0 fully saturated rings. The molecule has 2 amide bonds. The second kappa shape index (κ2) is 11.1. The van der Waals surface area contributed by atoms with E-state index in [-0.39, 0.29) is 6.03 Å². The largest absolute Gasteiger partial charge is 0.491 e. The van der Waals surface area contributed by atoms with Crippen molar-refractivity contribution in [3.05, 3.63) is 54.1 Å². The summed E-state index contributed by atoms with van der Waals surface area (Å²) in [4.78, 5) is 14.0. The summed E-state index contributed by atoms with van der Waals surface area (Å²) in [6.07, 6.45) is 1.82. The third-order valence-electron chi connectivity index (χ3n) is 4.05. The summed E-state index contributed by atoms with van der Waals surface area (Å²) in [5, 5.41) is 5.70. The molecule has 0 aliphatic carbocycles. The van der Waals surface area contributed by atoms with Gasteiger partial charge in [-0.05, 0) is 54.8 Å². The van der Waals surface area contributed by atoms with Crippen LogP contribution in [-0.2, 0) is 11.2 Å². The number of ether oxygens (including phenoxy) is 2. The molecule has 0 aliphatic rings. The lowest BCUT2D eigenvalue weighted by atomic mass is 10.1. The monoisotopic (exact) mass is 371 g/mol. The Bertz CT molecular complexity index is 685. The molecule has 0 heterocycles. The molecular formula is C21H29N3O3. The summed E-state index contributed by atoms with van der Waals surface area (Å²) in [5.41, 5.74) is 3.18. The molecule has 6 heteroatoms. The lowest BCUT2D eigenvalue weighted by molar-refractivity contribution is 0.146. The average Bonchev–Trinajstić information content (AvgIpc) is 2.67. The number of hydrogen-bond donors (Lipinski definition) is 2. The first-order valence-electron chi connectivity index (χ1n) is 9.11. The summed E-state index contributed by atoms with van der Waals surface area (Å²) in [6.45, 7) is 1.67. The number of nitrogens with zero attached hydrogens (tertiary/aromatic N) is 1. The molecule has 0 aromatic heterocycles. The Labute approximate surface area is 161 Å². The van der Waals surface area contributed by atoms with E-state index in [4.69, 9.17) is 9.47 Å². The zero-order valence-corrected chi connectivity index (χ0v) is 16.3. The van der Waals surface area contributed by atoms with Crippen LogP contribution in [0.4, 0.5) is 16.2 Å². The van der Waals surface area contributed by atoms with E-state index >= 15 is 0 Å². The highest BCUT2D eigenvalue weighted by Gasteiger charge is 2.02. The number of anilines is 2. The van der Waals surface area contributed by atoms with E-state index < -0.39 is 0 Å². The third kappa shape index (κ3) is 7.58. The number of amides is 2. The first-order valence-corrected chi connectivity index (χ1v) is 9.11. The lowest BCUT2D eigenvalue weighted by Crippen LogP contribution is -2.29. The van der Waals surface area contributed by atoms with Gasteiger partial charge in [0.1, 0.15) is 12.4 Å². The van der Waals surface area contributed by atoms with Crippen LogP contribution >= 0.6 is 0 Å². The Morgan fingerprint density at radius 2 is 1.70 bits per heavy atom. The van der Waals surface area contributed by atoms with Crippen LogP contribution in [0.3, 0.4) is 0 Å². The predicted molar refractivity (Wildman–Crippen MR) is 110 cm³/mol. The Morgan fingerprint density at radius 3 is 2.33 bits per heavy atom. The second-order valence-electron chi connectivity index (χ2n) is 6.41. The smallest absolute Gasteiger partial charge is 0.319 e. The fraction of sp³-hybridized carbons (Fsp3) is 0.381. The van der Waals surface area contributed by atoms with Gasteiger partial charge in [-0.2, -0.15) is 0 Å². The van der Waals surface area contributed by atoms with Gasteiger partial charge >= 0.3 is 6.03 Å². The van der Waals surface area contributed by atoms with Crippen LogP contribution in [0.2, 0.25) is 0 Å².